The van der Waals surface area contributed by atoms with Gasteiger partial charge >= 0.3 is 6.09 Å². The molecule has 21 heavy (non-hydrogen) atoms. The third-order valence-corrected chi connectivity index (χ3v) is 4.94. The highest BCUT2D eigenvalue weighted by atomic mass is 16.6. The first-order valence-electron chi connectivity index (χ1n) is 7.81. The Morgan fingerprint density at radius 2 is 1.95 bits per heavy atom. The minimum atomic E-state index is -0.464. The Bertz CT molecular complexity index is 450. The van der Waals surface area contributed by atoms with Crippen molar-refractivity contribution in [3.8, 4) is 0 Å². The molecule has 6 nitrogen and oxygen atoms in total. The smallest absolute Gasteiger partial charge is 0.410 e. The minimum absolute atomic E-state index is 0.109. The number of hydrogen-bond acceptors (Lipinski definition) is 4. The van der Waals surface area contributed by atoms with Gasteiger partial charge in [-0.05, 0) is 33.6 Å². The van der Waals surface area contributed by atoms with Crippen molar-refractivity contribution in [2.24, 2.45) is 11.8 Å². The first-order valence-corrected chi connectivity index (χ1v) is 7.81. The van der Waals surface area contributed by atoms with E-state index >= 15 is 0 Å². The summed E-state index contributed by atoms with van der Waals surface area (Å²) in [6.07, 6.45) is 1.39. The minimum Gasteiger partial charge on any atom is -0.444 e. The van der Waals surface area contributed by atoms with E-state index in [1.165, 1.54) is 0 Å². The molecule has 2 amide bonds. The van der Waals surface area contributed by atoms with Crippen LogP contribution >= 0.6 is 0 Å². The highest BCUT2D eigenvalue weighted by Gasteiger charge is 2.55. The highest BCUT2D eigenvalue weighted by molar-refractivity contribution is 5.83. The summed E-state index contributed by atoms with van der Waals surface area (Å²) in [5.41, 5.74) is -0.585. The first kappa shape index (κ1) is 14.6. The largest absolute Gasteiger partial charge is 0.444 e. The van der Waals surface area contributed by atoms with Crippen molar-refractivity contribution < 1.29 is 14.3 Å². The van der Waals surface area contributed by atoms with Gasteiger partial charge in [-0.2, -0.15) is 0 Å². The second-order valence-corrected chi connectivity index (χ2v) is 7.48. The predicted octanol–water partition coefficient (Wildman–Crippen LogP) is 0.722. The number of ether oxygens (including phenoxy) is 1. The van der Waals surface area contributed by atoms with Gasteiger partial charge in [0.1, 0.15) is 5.60 Å². The van der Waals surface area contributed by atoms with E-state index in [4.69, 9.17) is 4.74 Å². The van der Waals surface area contributed by atoms with Crippen LogP contribution in [0.4, 0.5) is 4.79 Å². The quantitative estimate of drug-likeness (QED) is 0.691. The molecule has 1 spiro atoms. The summed E-state index contributed by atoms with van der Waals surface area (Å²) < 4.78 is 5.42. The molecule has 3 saturated heterocycles. The van der Waals surface area contributed by atoms with Gasteiger partial charge in [-0.3, -0.25) is 4.79 Å². The summed E-state index contributed by atoms with van der Waals surface area (Å²) in [5.74, 6) is 0.652. The van der Waals surface area contributed by atoms with Crippen LogP contribution in [0, 0.1) is 11.8 Å². The number of hydrogen-bond donors (Lipinski definition) is 2. The lowest BCUT2D eigenvalue weighted by molar-refractivity contribution is -0.122. The average Bonchev–Trinajstić information content (AvgIpc) is 2.94. The van der Waals surface area contributed by atoms with Crippen LogP contribution in [0.5, 0.6) is 0 Å². The molecule has 0 aliphatic carbocycles. The fraction of sp³-hybridized carbons (Fsp3) is 0.867. The molecule has 0 aromatic carbocycles. The molecular formula is C15H25N3O3. The molecule has 6 heteroatoms. The monoisotopic (exact) mass is 295 g/mol. The summed E-state index contributed by atoms with van der Waals surface area (Å²) in [6.45, 7) is 8.62. The summed E-state index contributed by atoms with van der Waals surface area (Å²) in [5, 5.41) is 6.55. The molecule has 0 radical (unpaired) electrons. The van der Waals surface area contributed by atoms with Crippen LogP contribution in [0.15, 0.2) is 0 Å². The summed E-state index contributed by atoms with van der Waals surface area (Å²) in [4.78, 5) is 26.0. The van der Waals surface area contributed by atoms with Gasteiger partial charge in [-0.1, -0.05) is 0 Å². The number of carbonyl (C=O) groups excluding carboxylic acids is 2. The van der Waals surface area contributed by atoms with Crippen molar-refractivity contribution in [3.63, 3.8) is 0 Å². The van der Waals surface area contributed by atoms with Crippen molar-refractivity contribution >= 4 is 12.0 Å². The topological polar surface area (TPSA) is 70.7 Å². The number of nitrogens with zero attached hydrogens (tertiary/aromatic N) is 1. The fourth-order valence-electron chi connectivity index (χ4n) is 3.88. The molecule has 0 bridgehead atoms. The molecule has 2 N–H and O–H groups in total. The number of piperidine rings is 1. The van der Waals surface area contributed by atoms with Gasteiger partial charge in [-0.15, -0.1) is 0 Å². The maximum Gasteiger partial charge on any atom is 0.410 e. The van der Waals surface area contributed by atoms with Gasteiger partial charge < -0.3 is 20.3 Å². The lowest BCUT2D eigenvalue weighted by atomic mass is 9.75. The molecule has 3 aliphatic heterocycles. The van der Waals surface area contributed by atoms with Crippen LogP contribution in [0.1, 0.15) is 33.6 Å². The molecule has 0 saturated carbocycles. The predicted molar refractivity (Wildman–Crippen MR) is 77.8 cm³/mol. The van der Waals surface area contributed by atoms with E-state index in [1.807, 2.05) is 20.8 Å². The molecular weight excluding hydrogens is 270 g/mol. The van der Waals surface area contributed by atoms with Crippen molar-refractivity contribution in [2.45, 2.75) is 44.8 Å². The molecule has 0 aromatic rings. The second kappa shape index (κ2) is 4.87. The number of carbonyl (C=O) groups is 2. The van der Waals surface area contributed by atoms with Crippen LogP contribution in [0.25, 0.3) is 0 Å². The van der Waals surface area contributed by atoms with Crippen molar-refractivity contribution in [1.29, 1.82) is 0 Å². The number of fused-ring (bicyclic) bond motifs is 2. The second-order valence-electron chi connectivity index (χ2n) is 7.48. The number of likely N-dealkylation sites (tertiary alicyclic amines) is 1. The number of nitrogens with one attached hydrogen (secondary N) is 2. The van der Waals surface area contributed by atoms with Crippen molar-refractivity contribution in [3.05, 3.63) is 0 Å². The maximum absolute atomic E-state index is 12.1. The zero-order chi connectivity index (χ0) is 15.3. The molecule has 3 aliphatic rings. The van der Waals surface area contributed by atoms with Gasteiger partial charge in [0.25, 0.3) is 0 Å². The Hall–Kier alpha value is -1.30. The third kappa shape index (κ3) is 2.61. The molecule has 0 unspecified atom stereocenters. The summed E-state index contributed by atoms with van der Waals surface area (Å²) >= 11 is 0. The molecule has 118 valence electrons. The van der Waals surface area contributed by atoms with Crippen LogP contribution in [0.3, 0.4) is 0 Å². The van der Waals surface area contributed by atoms with Crippen LogP contribution < -0.4 is 10.6 Å². The van der Waals surface area contributed by atoms with Gasteiger partial charge in [0.05, 0.1) is 5.92 Å². The van der Waals surface area contributed by atoms with Crippen LogP contribution in [-0.2, 0) is 9.53 Å². The normalized spacial score (nSPS) is 31.2. The standard InChI is InChI=1S/C15H25N3O3/c1-14(2,3)21-13(20)18-6-4-15(5-7-18)11-9-16-8-10(11)12(19)17-15/h10-11,16H,4-9H2,1-3H3,(H,17,19)/t10-,11-/m1/s1. The van der Waals surface area contributed by atoms with Gasteiger partial charge in [0, 0.05) is 37.6 Å². The van der Waals surface area contributed by atoms with Gasteiger partial charge in [0.2, 0.25) is 5.91 Å². The molecule has 2 atom stereocenters. The van der Waals surface area contributed by atoms with E-state index in [9.17, 15) is 9.59 Å². The number of rotatable bonds is 0. The van der Waals surface area contributed by atoms with Crippen LogP contribution in [-0.4, -0.2) is 54.2 Å². The van der Waals surface area contributed by atoms with Gasteiger partial charge in [0.15, 0.2) is 0 Å². The Morgan fingerprint density at radius 3 is 2.57 bits per heavy atom. The highest BCUT2D eigenvalue weighted by Crippen LogP contribution is 2.41. The first-order chi connectivity index (χ1) is 9.81. The van der Waals surface area contributed by atoms with Crippen molar-refractivity contribution in [2.75, 3.05) is 26.2 Å². The lowest BCUT2D eigenvalue weighted by Crippen LogP contribution is -2.56. The molecule has 0 aromatic heterocycles. The van der Waals surface area contributed by atoms with E-state index in [0.717, 1.165) is 25.9 Å². The molecule has 3 heterocycles. The Morgan fingerprint density at radius 1 is 1.29 bits per heavy atom. The Labute approximate surface area is 125 Å². The maximum atomic E-state index is 12.1. The Kier molecular flexibility index (Phi) is 3.39. The summed E-state index contributed by atoms with van der Waals surface area (Å²) in [6, 6.07) is 0. The third-order valence-electron chi connectivity index (χ3n) is 4.94. The zero-order valence-corrected chi connectivity index (χ0v) is 13.1. The Balaban J connectivity index is 1.63. The average molecular weight is 295 g/mol. The lowest BCUT2D eigenvalue weighted by Gasteiger charge is -2.42. The van der Waals surface area contributed by atoms with E-state index in [-0.39, 0.29) is 23.5 Å². The molecule has 3 fully saturated rings. The van der Waals surface area contributed by atoms with Crippen LogP contribution in [0.2, 0.25) is 0 Å². The number of amides is 2. The molecule has 3 rings (SSSR count). The van der Waals surface area contributed by atoms with E-state index in [0.29, 0.717) is 19.0 Å². The van der Waals surface area contributed by atoms with Crippen molar-refractivity contribution in [1.82, 2.24) is 15.5 Å². The van der Waals surface area contributed by atoms with E-state index in [2.05, 4.69) is 10.6 Å². The van der Waals surface area contributed by atoms with Gasteiger partial charge in [-0.25, -0.2) is 4.79 Å². The fourth-order valence-corrected chi connectivity index (χ4v) is 3.88. The summed E-state index contributed by atoms with van der Waals surface area (Å²) in [7, 11) is 0. The zero-order valence-electron chi connectivity index (χ0n) is 13.1. The van der Waals surface area contributed by atoms with E-state index < -0.39 is 5.60 Å². The SMILES string of the molecule is CC(C)(C)OC(=O)N1CCC2(CC1)NC(=O)[C@@H]1CNC[C@H]12. The van der Waals surface area contributed by atoms with E-state index in [1.54, 1.807) is 4.90 Å².